The molecule has 1 aliphatic heterocycles. The summed E-state index contributed by atoms with van der Waals surface area (Å²) in [5, 5.41) is 9.10. The van der Waals surface area contributed by atoms with Gasteiger partial charge in [0.2, 0.25) is 0 Å². The zero-order chi connectivity index (χ0) is 20.9. The highest BCUT2D eigenvalue weighted by atomic mass is 32.2. The van der Waals surface area contributed by atoms with Crippen molar-refractivity contribution >= 4 is 49.8 Å². The van der Waals surface area contributed by atoms with E-state index in [1.807, 2.05) is 31.2 Å². The lowest BCUT2D eigenvalue weighted by Crippen LogP contribution is -2.35. The molecule has 3 heterocycles. The Morgan fingerprint density at radius 3 is 2.83 bits per heavy atom. The minimum atomic E-state index is -3.73. The van der Waals surface area contributed by atoms with E-state index in [9.17, 15) is 8.42 Å². The van der Waals surface area contributed by atoms with Gasteiger partial charge in [-0.15, -0.1) is 23.1 Å². The fraction of sp³-hybridized carbons (Fsp3) is 0.143. The van der Waals surface area contributed by atoms with Crippen LogP contribution in [0.4, 0.5) is 5.69 Å². The summed E-state index contributed by atoms with van der Waals surface area (Å²) in [4.78, 5) is 10.2. The van der Waals surface area contributed by atoms with Gasteiger partial charge in [-0.1, -0.05) is 6.07 Å². The average Bonchev–Trinajstić information content (AvgIpc) is 3.37. The van der Waals surface area contributed by atoms with Crippen LogP contribution < -0.4 is 4.31 Å². The third-order valence-electron chi connectivity index (χ3n) is 4.94. The summed E-state index contributed by atoms with van der Waals surface area (Å²) in [6.45, 7) is 2.24. The molecule has 1 aliphatic rings. The summed E-state index contributed by atoms with van der Waals surface area (Å²) in [6, 6.07) is 16.7. The van der Waals surface area contributed by atoms with Crippen LogP contribution >= 0.6 is 23.1 Å². The molecule has 9 heteroatoms. The molecule has 0 radical (unpaired) electrons. The first kappa shape index (κ1) is 19.2. The van der Waals surface area contributed by atoms with E-state index in [0.717, 1.165) is 26.7 Å². The number of hydrogen-bond donors (Lipinski definition) is 1. The molecule has 2 aromatic carbocycles. The smallest absolute Gasteiger partial charge is 0.264 e. The van der Waals surface area contributed by atoms with Crippen molar-refractivity contribution in [3.63, 3.8) is 0 Å². The number of nitrogens with zero attached hydrogens (tertiary/aromatic N) is 3. The maximum atomic E-state index is 13.5. The normalized spacial score (nSPS) is 13.9. The topological polar surface area (TPSA) is 89.8 Å². The zero-order valence-electron chi connectivity index (χ0n) is 15.9. The number of nitriles is 1. The van der Waals surface area contributed by atoms with E-state index in [1.54, 1.807) is 36.0 Å². The molecule has 150 valence electrons. The van der Waals surface area contributed by atoms with Gasteiger partial charge in [-0.2, -0.15) is 5.26 Å². The van der Waals surface area contributed by atoms with Crippen LogP contribution in [-0.4, -0.2) is 30.7 Å². The van der Waals surface area contributed by atoms with Gasteiger partial charge in [-0.25, -0.2) is 13.4 Å². The number of imidazole rings is 1. The Bertz CT molecular complexity index is 1430. The van der Waals surface area contributed by atoms with Crippen LogP contribution in [0.25, 0.3) is 21.5 Å². The number of aromatic nitrogens is 2. The van der Waals surface area contributed by atoms with Crippen molar-refractivity contribution < 1.29 is 8.42 Å². The maximum absolute atomic E-state index is 13.5. The van der Waals surface area contributed by atoms with Gasteiger partial charge in [-0.05, 0) is 55.0 Å². The number of thioether (sulfide) groups is 1. The van der Waals surface area contributed by atoms with Crippen LogP contribution in [0.15, 0.2) is 58.3 Å². The van der Waals surface area contributed by atoms with Crippen LogP contribution in [0.5, 0.6) is 0 Å². The third kappa shape index (κ3) is 3.17. The molecule has 1 N–H and O–H groups in total. The first-order valence-electron chi connectivity index (χ1n) is 9.22. The average molecular weight is 453 g/mol. The zero-order valence-corrected chi connectivity index (χ0v) is 18.4. The molecule has 5 rings (SSSR count). The molecule has 0 saturated carbocycles. The Labute approximate surface area is 182 Å². The quantitative estimate of drug-likeness (QED) is 0.483. The Kier molecular flexibility index (Phi) is 4.58. The van der Waals surface area contributed by atoms with E-state index in [4.69, 9.17) is 5.26 Å². The van der Waals surface area contributed by atoms with E-state index in [0.29, 0.717) is 28.4 Å². The highest BCUT2D eigenvalue weighted by Crippen LogP contribution is 2.41. The number of H-pyrrole nitrogens is 1. The highest BCUT2D eigenvalue weighted by Gasteiger charge is 2.30. The molecule has 0 unspecified atom stereocenters. The number of aryl methyl sites for hydroxylation is 1. The fourth-order valence-electron chi connectivity index (χ4n) is 3.55. The monoisotopic (exact) mass is 452 g/mol. The second-order valence-corrected chi connectivity index (χ2v) is 11.0. The predicted molar refractivity (Wildman–Crippen MR) is 121 cm³/mol. The Hall–Kier alpha value is -2.80. The summed E-state index contributed by atoms with van der Waals surface area (Å²) in [7, 11) is -3.73. The van der Waals surface area contributed by atoms with E-state index < -0.39 is 10.0 Å². The van der Waals surface area contributed by atoms with Gasteiger partial charge in [0.25, 0.3) is 10.0 Å². The van der Waals surface area contributed by atoms with Gasteiger partial charge in [0.15, 0.2) is 0 Å². The SMILES string of the molecule is Cc1nc2ccc(S(=O)(=O)N3CCSc4ccc(-c5ccc(C#N)s5)cc43)cc2[nH]1. The molecule has 0 saturated heterocycles. The number of sulfonamides is 1. The fourth-order valence-corrected chi connectivity index (χ4v) is 7.00. The van der Waals surface area contributed by atoms with Crippen LogP contribution in [0.2, 0.25) is 0 Å². The van der Waals surface area contributed by atoms with E-state index in [1.165, 1.54) is 15.6 Å². The predicted octanol–water partition coefficient (Wildman–Crippen LogP) is 4.77. The molecular formula is C21H16N4O2S3. The first-order valence-corrected chi connectivity index (χ1v) is 12.5. The number of hydrogen-bond acceptors (Lipinski definition) is 6. The number of rotatable bonds is 3. The molecule has 0 aliphatic carbocycles. The highest BCUT2D eigenvalue weighted by molar-refractivity contribution is 8.00. The summed E-state index contributed by atoms with van der Waals surface area (Å²) in [6.07, 6.45) is 0. The largest absolute Gasteiger partial charge is 0.342 e. The van der Waals surface area contributed by atoms with Crippen LogP contribution in [0.1, 0.15) is 10.7 Å². The number of aromatic amines is 1. The van der Waals surface area contributed by atoms with Gasteiger partial charge in [0, 0.05) is 22.1 Å². The molecule has 0 spiro atoms. The van der Waals surface area contributed by atoms with Crippen molar-refractivity contribution in [1.29, 1.82) is 5.26 Å². The molecular weight excluding hydrogens is 436 g/mol. The molecule has 6 nitrogen and oxygen atoms in total. The molecule has 2 aromatic heterocycles. The standard InChI is InChI=1S/C21H16N4O2S3/c1-13-23-17-5-4-16(11-18(17)24-13)30(26,27)25-8-9-28-21-6-2-14(10-19(21)25)20-7-3-15(12-22)29-20/h2-7,10-11H,8-9H2,1H3,(H,23,24). The van der Waals surface area contributed by atoms with Gasteiger partial charge in [-0.3, -0.25) is 4.31 Å². The molecule has 4 aromatic rings. The van der Waals surface area contributed by atoms with Crippen LogP contribution in [0.3, 0.4) is 0 Å². The van der Waals surface area contributed by atoms with Gasteiger partial charge < -0.3 is 4.98 Å². The number of anilines is 1. The number of fused-ring (bicyclic) bond motifs is 2. The van der Waals surface area contributed by atoms with Crippen molar-refractivity contribution in [3.8, 4) is 16.5 Å². The lowest BCUT2D eigenvalue weighted by atomic mass is 10.1. The number of nitrogens with one attached hydrogen (secondary N) is 1. The second kappa shape index (κ2) is 7.16. The minimum absolute atomic E-state index is 0.241. The molecule has 0 bridgehead atoms. The maximum Gasteiger partial charge on any atom is 0.264 e. The third-order valence-corrected chi connectivity index (χ3v) is 8.83. The van der Waals surface area contributed by atoms with Crippen molar-refractivity contribution in [1.82, 2.24) is 9.97 Å². The molecule has 30 heavy (non-hydrogen) atoms. The van der Waals surface area contributed by atoms with Crippen molar-refractivity contribution in [2.45, 2.75) is 16.7 Å². The molecule has 0 fully saturated rings. The summed E-state index contributed by atoms with van der Waals surface area (Å²) in [5.74, 6) is 1.44. The number of thiophene rings is 1. The molecule has 0 atom stereocenters. The van der Waals surface area contributed by atoms with E-state index in [-0.39, 0.29) is 4.90 Å². The van der Waals surface area contributed by atoms with E-state index >= 15 is 0 Å². The van der Waals surface area contributed by atoms with Gasteiger partial charge in [0.05, 0.1) is 21.6 Å². The minimum Gasteiger partial charge on any atom is -0.342 e. The van der Waals surface area contributed by atoms with Crippen molar-refractivity contribution in [3.05, 3.63) is 59.2 Å². The lowest BCUT2D eigenvalue weighted by Gasteiger charge is -2.30. The summed E-state index contributed by atoms with van der Waals surface area (Å²) in [5.41, 5.74) is 3.03. The first-order chi connectivity index (χ1) is 14.5. The van der Waals surface area contributed by atoms with Gasteiger partial charge >= 0.3 is 0 Å². The number of benzene rings is 2. The Morgan fingerprint density at radius 2 is 2.03 bits per heavy atom. The summed E-state index contributed by atoms with van der Waals surface area (Å²) < 4.78 is 28.6. The second-order valence-electron chi connectivity index (χ2n) is 6.89. The Balaban J connectivity index is 1.60. The van der Waals surface area contributed by atoms with Crippen molar-refractivity contribution in [2.75, 3.05) is 16.6 Å². The van der Waals surface area contributed by atoms with Crippen LogP contribution in [-0.2, 0) is 10.0 Å². The van der Waals surface area contributed by atoms with Crippen molar-refractivity contribution in [2.24, 2.45) is 0 Å². The molecule has 0 amide bonds. The van der Waals surface area contributed by atoms with E-state index in [2.05, 4.69) is 16.0 Å². The Morgan fingerprint density at radius 1 is 1.17 bits per heavy atom. The summed E-state index contributed by atoms with van der Waals surface area (Å²) >= 11 is 3.05. The van der Waals surface area contributed by atoms with Gasteiger partial charge in [0.1, 0.15) is 16.8 Å². The van der Waals surface area contributed by atoms with Crippen LogP contribution in [0, 0.1) is 18.3 Å². The lowest BCUT2D eigenvalue weighted by molar-refractivity contribution is 0.591.